The van der Waals surface area contributed by atoms with Crippen molar-refractivity contribution in [3.8, 4) is 10.6 Å². The third-order valence-corrected chi connectivity index (χ3v) is 9.82. The summed E-state index contributed by atoms with van der Waals surface area (Å²) >= 11 is 1.12. The van der Waals surface area contributed by atoms with E-state index in [1.807, 2.05) is 36.4 Å². The Morgan fingerprint density at radius 2 is 1.79 bits per heavy atom. The van der Waals surface area contributed by atoms with Gasteiger partial charge >= 0.3 is 0 Å². The van der Waals surface area contributed by atoms with E-state index in [-0.39, 0.29) is 15.7 Å². The minimum absolute atomic E-state index is 0.228. The third kappa shape index (κ3) is 6.23. The van der Waals surface area contributed by atoms with Crippen LogP contribution in [0.2, 0.25) is 0 Å². The highest BCUT2D eigenvalue weighted by atomic mass is 32.2. The number of nitrogens with one attached hydrogen (secondary N) is 2. The average molecular weight is 566 g/mol. The van der Waals surface area contributed by atoms with Crippen LogP contribution in [0.4, 0.5) is 11.5 Å². The predicted molar refractivity (Wildman–Crippen MR) is 150 cm³/mol. The molecule has 1 aromatic carbocycles. The van der Waals surface area contributed by atoms with Gasteiger partial charge in [0, 0.05) is 32.2 Å². The number of H-pyrrole nitrogens is 1. The van der Waals surface area contributed by atoms with Crippen LogP contribution in [-0.4, -0.2) is 66.0 Å². The lowest BCUT2D eigenvalue weighted by Gasteiger charge is -2.35. The lowest BCUT2D eigenvalue weighted by atomic mass is 10.1. The van der Waals surface area contributed by atoms with E-state index < -0.39 is 16.1 Å². The Hall–Kier alpha value is -3.91. The number of hydrogen-bond acceptors (Lipinski definition) is 9. The summed E-state index contributed by atoms with van der Waals surface area (Å²) in [5, 5.41) is 9.08. The number of thiophene rings is 1. The summed E-state index contributed by atoms with van der Waals surface area (Å²) in [7, 11) is -3.66. The van der Waals surface area contributed by atoms with Gasteiger partial charge in [-0.3, -0.25) is 9.59 Å². The zero-order valence-electron chi connectivity index (χ0n) is 20.9. The normalized spacial score (nSPS) is 15.2. The summed E-state index contributed by atoms with van der Waals surface area (Å²) in [6, 6.07) is 18.6. The maximum Gasteiger partial charge on any atom is 0.264 e. The Morgan fingerprint density at radius 1 is 1.03 bits per heavy atom. The average Bonchev–Trinajstić information content (AvgIpc) is 3.46. The molecule has 1 unspecified atom stereocenters. The van der Waals surface area contributed by atoms with Crippen LogP contribution in [0.3, 0.4) is 0 Å². The van der Waals surface area contributed by atoms with Gasteiger partial charge in [0.1, 0.15) is 15.7 Å². The van der Waals surface area contributed by atoms with E-state index in [0.717, 1.165) is 22.6 Å². The molecule has 1 aliphatic rings. The number of amides is 1. The van der Waals surface area contributed by atoms with Crippen molar-refractivity contribution in [2.24, 2.45) is 5.73 Å². The largest absolute Gasteiger partial charge is 0.368 e. The van der Waals surface area contributed by atoms with Crippen LogP contribution in [-0.2, 0) is 21.2 Å². The zero-order valence-corrected chi connectivity index (χ0v) is 22.5. The number of carbonyl (C=O) groups excluding carboxylic acids is 1. The minimum atomic E-state index is -3.66. The first kappa shape index (κ1) is 26.7. The molecule has 0 saturated carbocycles. The molecular formula is C26H27N7O4S2. The van der Waals surface area contributed by atoms with Crippen molar-refractivity contribution in [1.82, 2.24) is 19.5 Å². The fourth-order valence-electron chi connectivity index (χ4n) is 4.22. The monoisotopic (exact) mass is 565 g/mol. The molecule has 1 atom stereocenters. The molecule has 4 heterocycles. The second-order valence-electron chi connectivity index (χ2n) is 9.00. The molecule has 0 spiro atoms. The van der Waals surface area contributed by atoms with E-state index in [1.54, 1.807) is 30.5 Å². The molecule has 3 aromatic heterocycles. The van der Waals surface area contributed by atoms with E-state index in [4.69, 9.17) is 5.73 Å². The summed E-state index contributed by atoms with van der Waals surface area (Å²) in [6.45, 7) is 1.63. The quantitative estimate of drug-likeness (QED) is 0.293. The Kier molecular flexibility index (Phi) is 7.84. The van der Waals surface area contributed by atoms with Gasteiger partial charge in [0.25, 0.3) is 15.6 Å². The standard InChI is InChI=1S/C26H27N7O4S2/c27-20(16-18-4-2-1-3-5-18)26(35)29-23-9-6-19(17-28-23)32-12-14-33(15-13-32)39(36,37)25-11-8-22(38-25)21-7-10-24(34)31-30-21/h1-11,17,20H,12-16,27H2,(H,31,34)(H,28,29,35). The van der Waals surface area contributed by atoms with Gasteiger partial charge in [-0.05, 0) is 42.3 Å². The van der Waals surface area contributed by atoms with Gasteiger partial charge in [-0.2, -0.15) is 9.40 Å². The van der Waals surface area contributed by atoms with E-state index >= 15 is 0 Å². The van der Waals surface area contributed by atoms with Crippen molar-refractivity contribution in [3.05, 3.63) is 88.8 Å². The van der Waals surface area contributed by atoms with Crippen LogP contribution in [0.15, 0.2) is 81.9 Å². The lowest BCUT2D eigenvalue weighted by molar-refractivity contribution is -0.117. The molecule has 202 valence electrons. The number of piperazine rings is 1. The smallest absolute Gasteiger partial charge is 0.264 e. The summed E-state index contributed by atoms with van der Waals surface area (Å²) in [4.78, 5) is 30.8. The molecule has 5 rings (SSSR count). The Labute approximate surface area is 229 Å². The van der Waals surface area contributed by atoms with E-state index in [9.17, 15) is 18.0 Å². The Balaban J connectivity index is 1.16. The number of hydrogen-bond donors (Lipinski definition) is 3. The Morgan fingerprint density at radius 3 is 2.46 bits per heavy atom. The number of nitrogens with two attached hydrogens (primary N) is 1. The third-order valence-electron chi connectivity index (χ3n) is 6.35. The van der Waals surface area contributed by atoms with Gasteiger partial charge in [-0.15, -0.1) is 11.3 Å². The number of aromatic nitrogens is 3. The molecule has 1 saturated heterocycles. The van der Waals surface area contributed by atoms with Crippen molar-refractivity contribution in [2.45, 2.75) is 16.7 Å². The molecule has 1 fully saturated rings. The first-order valence-electron chi connectivity index (χ1n) is 12.3. The molecule has 0 radical (unpaired) electrons. The molecule has 0 aliphatic carbocycles. The molecule has 0 bridgehead atoms. The van der Waals surface area contributed by atoms with Crippen LogP contribution < -0.4 is 21.5 Å². The number of anilines is 2. The summed E-state index contributed by atoms with van der Waals surface area (Å²) < 4.78 is 28.1. The van der Waals surface area contributed by atoms with Gasteiger partial charge in [-0.1, -0.05) is 30.3 Å². The fraction of sp³-hybridized carbons (Fsp3) is 0.231. The molecular weight excluding hydrogens is 538 g/mol. The van der Waals surface area contributed by atoms with Gasteiger partial charge in [-0.25, -0.2) is 18.5 Å². The molecule has 1 amide bonds. The highest BCUT2D eigenvalue weighted by molar-refractivity contribution is 7.91. The summed E-state index contributed by atoms with van der Waals surface area (Å²) in [5.74, 6) is 0.0879. The zero-order chi connectivity index (χ0) is 27.4. The van der Waals surface area contributed by atoms with Gasteiger partial charge in [0.2, 0.25) is 5.91 Å². The molecule has 39 heavy (non-hydrogen) atoms. The molecule has 13 heteroatoms. The van der Waals surface area contributed by atoms with Crippen molar-refractivity contribution < 1.29 is 13.2 Å². The van der Waals surface area contributed by atoms with Crippen molar-refractivity contribution in [2.75, 3.05) is 36.4 Å². The van der Waals surface area contributed by atoms with E-state index in [0.29, 0.717) is 49.0 Å². The van der Waals surface area contributed by atoms with Crippen molar-refractivity contribution in [3.63, 3.8) is 0 Å². The number of rotatable bonds is 8. The number of sulfonamides is 1. The van der Waals surface area contributed by atoms with Gasteiger partial charge in [0.15, 0.2) is 0 Å². The number of aromatic amines is 1. The van der Waals surface area contributed by atoms with E-state index in [2.05, 4.69) is 25.4 Å². The highest BCUT2D eigenvalue weighted by Crippen LogP contribution is 2.31. The topological polar surface area (TPSA) is 154 Å². The number of nitrogens with zero attached hydrogens (tertiary/aromatic N) is 4. The molecule has 4 N–H and O–H groups in total. The maximum absolute atomic E-state index is 13.2. The lowest BCUT2D eigenvalue weighted by Crippen LogP contribution is -2.48. The number of benzene rings is 1. The van der Waals surface area contributed by atoms with Crippen LogP contribution >= 0.6 is 11.3 Å². The second kappa shape index (κ2) is 11.5. The first-order valence-corrected chi connectivity index (χ1v) is 14.5. The minimum Gasteiger partial charge on any atom is -0.368 e. The van der Waals surface area contributed by atoms with Crippen LogP contribution in [0.5, 0.6) is 0 Å². The predicted octanol–water partition coefficient (Wildman–Crippen LogP) is 1.91. The maximum atomic E-state index is 13.2. The SMILES string of the molecule is NC(Cc1ccccc1)C(=O)Nc1ccc(N2CCN(S(=O)(=O)c3ccc(-c4ccc(=O)[nH]n4)s3)CC2)cn1. The van der Waals surface area contributed by atoms with Gasteiger partial charge in [0.05, 0.1) is 22.8 Å². The van der Waals surface area contributed by atoms with Crippen LogP contribution in [0.1, 0.15) is 5.56 Å². The number of pyridine rings is 1. The van der Waals surface area contributed by atoms with Crippen molar-refractivity contribution >= 4 is 38.8 Å². The summed E-state index contributed by atoms with van der Waals surface area (Å²) in [5.41, 5.74) is 8.06. The molecule has 4 aromatic rings. The van der Waals surface area contributed by atoms with Crippen molar-refractivity contribution in [1.29, 1.82) is 0 Å². The fourth-order valence-corrected chi connectivity index (χ4v) is 7.07. The second-order valence-corrected chi connectivity index (χ2v) is 12.3. The number of carbonyl (C=O) groups is 1. The highest BCUT2D eigenvalue weighted by Gasteiger charge is 2.30. The van der Waals surface area contributed by atoms with Crippen LogP contribution in [0, 0.1) is 0 Å². The first-order chi connectivity index (χ1) is 18.8. The Bertz CT molecular complexity index is 1580. The van der Waals surface area contributed by atoms with Gasteiger partial charge < -0.3 is 16.0 Å². The van der Waals surface area contributed by atoms with Crippen LogP contribution in [0.25, 0.3) is 10.6 Å². The summed E-state index contributed by atoms with van der Waals surface area (Å²) in [6.07, 6.45) is 2.08. The van der Waals surface area contributed by atoms with E-state index in [1.165, 1.54) is 10.4 Å². The molecule has 11 nitrogen and oxygen atoms in total. The molecule has 1 aliphatic heterocycles.